The van der Waals surface area contributed by atoms with E-state index in [0.29, 0.717) is 12.8 Å². The number of carbonyl (C=O) groups excluding carboxylic acids is 1. The Morgan fingerprint density at radius 3 is 2.50 bits per heavy atom. The fourth-order valence-electron chi connectivity index (χ4n) is 2.45. The molecule has 2 atom stereocenters. The van der Waals surface area contributed by atoms with E-state index in [2.05, 4.69) is 12.2 Å². The molecular formula is C14H27NO4S. The second-order valence-corrected chi connectivity index (χ2v) is 8.76. The second-order valence-electron chi connectivity index (χ2n) is 6.48. The number of rotatable bonds is 6. The van der Waals surface area contributed by atoms with Crippen molar-refractivity contribution in [2.45, 2.75) is 70.3 Å². The van der Waals surface area contributed by atoms with Crippen LogP contribution in [0.1, 0.15) is 53.4 Å². The van der Waals surface area contributed by atoms with Crippen LogP contribution in [0.15, 0.2) is 0 Å². The van der Waals surface area contributed by atoms with Gasteiger partial charge in [0.25, 0.3) is 0 Å². The van der Waals surface area contributed by atoms with Crippen LogP contribution in [0, 0.1) is 0 Å². The highest BCUT2D eigenvalue weighted by Gasteiger charge is 2.36. The highest BCUT2D eigenvalue weighted by atomic mass is 32.2. The van der Waals surface area contributed by atoms with Gasteiger partial charge in [0.15, 0.2) is 9.84 Å². The van der Waals surface area contributed by atoms with E-state index in [4.69, 9.17) is 4.74 Å². The molecule has 6 heteroatoms. The highest BCUT2D eigenvalue weighted by molar-refractivity contribution is 7.92. The normalized spacial score (nSPS) is 23.8. The van der Waals surface area contributed by atoms with Crippen LogP contribution >= 0.6 is 0 Å². The van der Waals surface area contributed by atoms with E-state index in [0.717, 1.165) is 19.4 Å². The molecule has 0 aromatic heterocycles. The topological polar surface area (TPSA) is 72.5 Å². The van der Waals surface area contributed by atoms with Gasteiger partial charge in [-0.1, -0.05) is 6.92 Å². The van der Waals surface area contributed by atoms with E-state index in [1.54, 1.807) is 20.8 Å². The van der Waals surface area contributed by atoms with Crippen LogP contribution in [0.3, 0.4) is 0 Å². The fourth-order valence-corrected chi connectivity index (χ4v) is 4.10. The summed E-state index contributed by atoms with van der Waals surface area (Å²) in [5, 5.41) is 2.93. The zero-order valence-electron chi connectivity index (χ0n) is 12.9. The lowest BCUT2D eigenvalue weighted by Crippen LogP contribution is -2.33. The molecule has 0 amide bonds. The number of hydrogen-bond acceptors (Lipinski definition) is 5. The molecule has 0 bridgehead atoms. The van der Waals surface area contributed by atoms with Crippen LogP contribution < -0.4 is 5.32 Å². The number of ether oxygens (including phenoxy) is 1. The molecular weight excluding hydrogens is 278 g/mol. The molecule has 1 aliphatic carbocycles. The standard InChI is InChI=1S/C14H27NO4S/c1-5-8-15-11-6-7-12(9-11)20(17,18)10-13(16)19-14(2,3)4/h11-12,15H,5-10H2,1-4H3. The Labute approximate surface area is 122 Å². The smallest absolute Gasteiger partial charge is 0.321 e. The van der Waals surface area contributed by atoms with Crippen LogP contribution in [-0.4, -0.2) is 43.6 Å². The number of carbonyl (C=O) groups is 1. The molecule has 0 aromatic rings. The zero-order valence-corrected chi connectivity index (χ0v) is 13.8. The minimum absolute atomic E-state index is 0.258. The van der Waals surface area contributed by atoms with Crippen molar-refractivity contribution in [2.24, 2.45) is 0 Å². The molecule has 20 heavy (non-hydrogen) atoms. The van der Waals surface area contributed by atoms with Gasteiger partial charge in [-0.15, -0.1) is 0 Å². The van der Waals surface area contributed by atoms with E-state index in [1.165, 1.54) is 0 Å². The summed E-state index contributed by atoms with van der Waals surface area (Å²) in [5.74, 6) is -1.16. The van der Waals surface area contributed by atoms with Crippen molar-refractivity contribution >= 4 is 15.8 Å². The van der Waals surface area contributed by atoms with Gasteiger partial charge in [-0.05, 0) is 53.0 Å². The van der Waals surface area contributed by atoms with Crippen molar-refractivity contribution in [2.75, 3.05) is 12.3 Å². The van der Waals surface area contributed by atoms with Gasteiger partial charge in [0.1, 0.15) is 11.4 Å². The maximum atomic E-state index is 12.2. The Morgan fingerprint density at radius 1 is 1.30 bits per heavy atom. The van der Waals surface area contributed by atoms with Gasteiger partial charge < -0.3 is 10.1 Å². The van der Waals surface area contributed by atoms with Crippen molar-refractivity contribution in [3.8, 4) is 0 Å². The zero-order chi connectivity index (χ0) is 15.4. The monoisotopic (exact) mass is 305 g/mol. The summed E-state index contributed by atoms with van der Waals surface area (Å²) in [4.78, 5) is 11.7. The minimum atomic E-state index is -3.40. The summed E-state index contributed by atoms with van der Waals surface area (Å²) in [7, 11) is -3.40. The van der Waals surface area contributed by atoms with Crippen molar-refractivity contribution < 1.29 is 17.9 Å². The largest absolute Gasteiger partial charge is 0.459 e. The molecule has 1 N–H and O–H groups in total. The summed E-state index contributed by atoms with van der Waals surface area (Å²) in [6, 6.07) is 0.258. The molecule has 5 nitrogen and oxygen atoms in total. The summed E-state index contributed by atoms with van der Waals surface area (Å²) in [5.41, 5.74) is -0.645. The van der Waals surface area contributed by atoms with Gasteiger partial charge in [0.2, 0.25) is 0 Å². The summed E-state index contributed by atoms with van der Waals surface area (Å²) in [6.07, 6.45) is 3.13. The minimum Gasteiger partial charge on any atom is -0.459 e. The number of esters is 1. The first-order valence-corrected chi connectivity index (χ1v) is 9.02. The molecule has 2 unspecified atom stereocenters. The Morgan fingerprint density at radius 2 is 1.95 bits per heavy atom. The molecule has 0 radical (unpaired) electrons. The Balaban J connectivity index is 2.51. The second kappa shape index (κ2) is 6.89. The lowest BCUT2D eigenvalue weighted by atomic mass is 10.2. The third-order valence-electron chi connectivity index (χ3n) is 3.31. The number of nitrogens with one attached hydrogen (secondary N) is 1. The predicted molar refractivity (Wildman–Crippen MR) is 79.4 cm³/mol. The highest BCUT2D eigenvalue weighted by Crippen LogP contribution is 2.26. The number of hydrogen-bond donors (Lipinski definition) is 1. The van der Waals surface area contributed by atoms with E-state index in [9.17, 15) is 13.2 Å². The quantitative estimate of drug-likeness (QED) is 0.756. The molecule has 0 spiro atoms. The summed E-state index contributed by atoms with van der Waals surface area (Å²) in [6.45, 7) is 8.19. The van der Waals surface area contributed by atoms with Crippen LogP contribution in [-0.2, 0) is 19.4 Å². The average molecular weight is 305 g/mol. The first-order valence-electron chi connectivity index (χ1n) is 7.31. The first kappa shape index (κ1) is 17.4. The average Bonchev–Trinajstić information content (AvgIpc) is 2.71. The molecule has 1 fully saturated rings. The van der Waals surface area contributed by atoms with Gasteiger partial charge in [-0.3, -0.25) is 4.79 Å². The van der Waals surface area contributed by atoms with Crippen molar-refractivity contribution in [3.63, 3.8) is 0 Å². The van der Waals surface area contributed by atoms with Gasteiger partial charge in [0, 0.05) is 6.04 Å². The maximum Gasteiger partial charge on any atom is 0.321 e. The first-order chi connectivity index (χ1) is 9.14. The Kier molecular flexibility index (Phi) is 6.01. The van der Waals surface area contributed by atoms with Gasteiger partial charge in [-0.25, -0.2) is 8.42 Å². The molecule has 0 aromatic carbocycles. The summed E-state index contributed by atoms with van der Waals surface area (Å²) >= 11 is 0. The fraction of sp³-hybridized carbons (Fsp3) is 0.929. The lowest BCUT2D eigenvalue weighted by molar-refractivity contribution is -0.151. The molecule has 118 valence electrons. The molecule has 1 aliphatic rings. The SMILES string of the molecule is CCCNC1CCC(S(=O)(=O)CC(=O)OC(C)(C)C)C1. The van der Waals surface area contributed by atoms with Crippen LogP contribution in [0.4, 0.5) is 0 Å². The molecule has 1 rings (SSSR count). The van der Waals surface area contributed by atoms with E-state index in [1.807, 2.05) is 0 Å². The third-order valence-corrected chi connectivity index (χ3v) is 5.40. The van der Waals surface area contributed by atoms with Gasteiger partial charge >= 0.3 is 5.97 Å². The maximum absolute atomic E-state index is 12.2. The lowest BCUT2D eigenvalue weighted by Gasteiger charge is -2.20. The van der Waals surface area contributed by atoms with E-state index in [-0.39, 0.29) is 6.04 Å². The van der Waals surface area contributed by atoms with Crippen molar-refractivity contribution in [1.82, 2.24) is 5.32 Å². The van der Waals surface area contributed by atoms with E-state index < -0.39 is 32.4 Å². The Hall–Kier alpha value is -0.620. The Bertz CT molecular complexity index is 425. The van der Waals surface area contributed by atoms with E-state index >= 15 is 0 Å². The van der Waals surface area contributed by atoms with Gasteiger partial charge in [0.05, 0.1) is 5.25 Å². The number of sulfone groups is 1. The van der Waals surface area contributed by atoms with Crippen LogP contribution in [0.25, 0.3) is 0 Å². The van der Waals surface area contributed by atoms with Crippen LogP contribution in [0.5, 0.6) is 0 Å². The molecule has 1 saturated carbocycles. The molecule has 0 heterocycles. The van der Waals surface area contributed by atoms with Crippen LogP contribution in [0.2, 0.25) is 0 Å². The van der Waals surface area contributed by atoms with Gasteiger partial charge in [-0.2, -0.15) is 0 Å². The third kappa shape index (κ3) is 5.79. The molecule has 0 saturated heterocycles. The summed E-state index contributed by atoms with van der Waals surface area (Å²) < 4.78 is 29.5. The predicted octanol–water partition coefficient (Wildman–Crippen LogP) is 1.66. The molecule has 0 aliphatic heterocycles. The van der Waals surface area contributed by atoms with Crippen molar-refractivity contribution in [3.05, 3.63) is 0 Å². The van der Waals surface area contributed by atoms with Crippen molar-refractivity contribution in [1.29, 1.82) is 0 Å².